The first-order valence-electron chi connectivity index (χ1n) is 8.81. The molecule has 2 aromatic carbocycles. The number of hydrogen-bond acceptors (Lipinski definition) is 5. The van der Waals surface area contributed by atoms with Crippen molar-refractivity contribution in [2.75, 3.05) is 13.7 Å². The summed E-state index contributed by atoms with van der Waals surface area (Å²) >= 11 is 0. The Morgan fingerprint density at radius 3 is 2.86 bits per heavy atom. The lowest BCUT2D eigenvalue weighted by molar-refractivity contribution is 0.0710. The first-order valence-corrected chi connectivity index (χ1v) is 8.81. The molecular weight excluding hydrogens is 368 g/mol. The minimum atomic E-state index is -1.15. The van der Waals surface area contributed by atoms with Gasteiger partial charge >= 0.3 is 0 Å². The molecule has 1 fully saturated rings. The molecule has 1 unspecified atom stereocenters. The molecule has 1 aliphatic rings. The van der Waals surface area contributed by atoms with Crippen molar-refractivity contribution >= 4 is 5.91 Å². The molecule has 2 heterocycles. The van der Waals surface area contributed by atoms with E-state index in [4.69, 9.17) is 9.15 Å². The van der Waals surface area contributed by atoms with E-state index >= 15 is 0 Å². The Balaban J connectivity index is 1.61. The molecule has 6 nitrogen and oxygen atoms in total. The molecule has 144 valence electrons. The number of hydrogen-bond donors (Lipinski definition) is 0. The molecule has 0 saturated carbocycles. The van der Waals surface area contributed by atoms with E-state index < -0.39 is 23.6 Å². The predicted octanol–water partition coefficient (Wildman–Crippen LogP) is 4.00. The summed E-state index contributed by atoms with van der Waals surface area (Å²) in [6, 6.07) is 10.2. The van der Waals surface area contributed by atoms with Crippen molar-refractivity contribution in [1.82, 2.24) is 15.1 Å². The average molecular weight is 385 g/mol. The molecule has 1 aromatic heterocycles. The summed E-state index contributed by atoms with van der Waals surface area (Å²) in [6.07, 6.45) is 1.30. The third-order valence-corrected chi connectivity index (χ3v) is 4.74. The van der Waals surface area contributed by atoms with Gasteiger partial charge in [0.1, 0.15) is 11.8 Å². The van der Waals surface area contributed by atoms with Crippen LogP contribution in [0.2, 0.25) is 0 Å². The van der Waals surface area contributed by atoms with Crippen molar-refractivity contribution in [3.8, 4) is 17.2 Å². The van der Waals surface area contributed by atoms with E-state index in [1.54, 1.807) is 31.4 Å². The van der Waals surface area contributed by atoms with Crippen LogP contribution in [0.25, 0.3) is 11.5 Å². The molecule has 8 heteroatoms. The minimum absolute atomic E-state index is 0.264. The first kappa shape index (κ1) is 18.1. The van der Waals surface area contributed by atoms with Crippen LogP contribution in [-0.2, 0) is 0 Å². The summed E-state index contributed by atoms with van der Waals surface area (Å²) in [4.78, 5) is 14.2. The molecule has 1 atom stereocenters. The summed E-state index contributed by atoms with van der Waals surface area (Å²) in [5, 5.41) is 8.14. The van der Waals surface area contributed by atoms with E-state index in [0.29, 0.717) is 36.6 Å². The third-order valence-electron chi connectivity index (χ3n) is 4.74. The molecular formula is C20H17F2N3O3. The van der Waals surface area contributed by atoms with Gasteiger partial charge in [-0.3, -0.25) is 4.79 Å². The zero-order valence-electron chi connectivity index (χ0n) is 15.1. The highest BCUT2D eigenvalue weighted by molar-refractivity contribution is 5.95. The topological polar surface area (TPSA) is 68.5 Å². The molecule has 0 aliphatic carbocycles. The van der Waals surface area contributed by atoms with Crippen molar-refractivity contribution < 1.29 is 22.7 Å². The van der Waals surface area contributed by atoms with Crippen molar-refractivity contribution in [1.29, 1.82) is 0 Å². The fourth-order valence-electron chi connectivity index (χ4n) is 3.33. The second-order valence-electron chi connectivity index (χ2n) is 6.44. The van der Waals surface area contributed by atoms with Crippen molar-refractivity contribution in [2.24, 2.45) is 0 Å². The number of methoxy groups -OCH3 is 1. The summed E-state index contributed by atoms with van der Waals surface area (Å²) in [7, 11) is 1.56. The van der Waals surface area contributed by atoms with Crippen LogP contribution in [0.5, 0.6) is 5.75 Å². The molecule has 1 saturated heterocycles. The van der Waals surface area contributed by atoms with E-state index in [2.05, 4.69) is 10.2 Å². The molecule has 28 heavy (non-hydrogen) atoms. The molecule has 0 N–H and O–H groups in total. The van der Waals surface area contributed by atoms with Gasteiger partial charge in [0.05, 0.1) is 12.7 Å². The Morgan fingerprint density at radius 2 is 2.04 bits per heavy atom. The Hall–Kier alpha value is -3.29. The largest absolute Gasteiger partial charge is 0.497 e. The lowest BCUT2D eigenvalue weighted by Gasteiger charge is -2.22. The first-order chi connectivity index (χ1) is 13.6. The van der Waals surface area contributed by atoms with Gasteiger partial charge < -0.3 is 14.1 Å². The number of rotatable bonds is 4. The lowest BCUT2D eigenvalue weighted by Crippen LogP contribution is -2.31. The van der Waals surface area contributed by atoms with Gasteiger partial charge in [0.25, 0.3) is 5.91 Å². The summed E-state index contributed by atoms with van der Waals surface area (Å²) in [6.45, 7) is 0.399. The van der Waals surface area contributed by atoms with Crippen LogP contribution in [0.15, 0.2) is 46.9 Å². The van der Waals surface area contributed by atoms with Gasteiger partial charge in [-0.2, -0.15) is 0 Å². The van der Waals surface area contributed by atoms with Crippen LogP contribution < -0.4 is 4.74 Å². The molecule has 0 radical (unpaired) electrons. The van der Waals surface area contributed by atoms with Crippen LogP contribution >= 0.6 is 0 Å². The molecule has 0 bridgehead atoms. The van der Waals surface area contributed by atoms with Gasteiger partial charge in [-0.1, -0.05) is 12.1 Å². The van der Waals surface area contributed by atoms with Crippen molar-refractivity contribution in [3.05, 3.63) is 65.6 Å². The Bertz CT molecular complexity index is 1020. The van der Waals surface area contributed by atoms with E-state index in [9.17, 15) is 13.6 Å². The summed E-state index contributed by atoms with van der Waals surface area (Å²) in [5.74, 6) is -1.59. The van der Waals surface area contributed by atoms with E-state index in [1.165, 1.54) is 17.0 Å². The SMILES string of the molecule is COc1cccc(-c2nnc(C3CCCN3C(=O)c3cccc(F)c3F)o2)c1. The van der Waals surface area contributed by atoms with E-state index in [1.807, 2.05) is 0 Å². The number of carbonyl (C=O) groups is 1. The zero-order chi connectivity index (χ0) is 19.7. The maximum absolute atomic E-state index is 14.0. The number of nitrogens with zero attached hydrogens (tertiary/aromatic N) is 3. The van der Waals surface area contributed by atoms with Crippen LogP contribution in [0.1, 0.15) is 35.1 Å². The molecule has 4 rings (SSSR count). The van der Waals surface area contributed by atoms with Crippen LogP contribution in [0.4, 0.5) is 8.78 Å². The van der Waals surface area contributed by atoms with Gasteiger partial charge in [-0.15, -0.1) is 10.2 Å². The molecule has 1 amide bonds. The fraction of sp³-hybridized carbons (Fsp3) is 0.250. The smallest absolute Gasteiger partial charge is 0.257 e. The number of carbonyl (C=O) groups excluding carboxylic acids is 1. The van der Waals surface area contributed by atoms with Gasteiger partial charge in [0.2, 0.25) is 11.8 Å². The molecule has 1 aliphatic heterocycles. The highest BCUT2D eigenvalue weighted by Gasteiger charge is 2.35. The van der Waals surface area contributed by atoms with Crippen LogP contribution in [0.3, 0.4) is 0 Å². The lowest BCUT2D eigenvalue weighted by atomic mass is 10.1. The normalized spacial score (nSPS) is 16.4. The summed E-state index contributed by atoms with van der Waals surface area (Å²) < 4.78 is 38.5. The number of benzene rings is 2. The second-order valence-corrected chi connectivity index (χ2v) is 6.44. The minimum Gasteiger partial charge on any atom is -0.497 e. The molecule has 3 aromatic rings. The third kappa shape index (κ3) is 3.21. The predicted molar refractivity (Wildman–Crippen MR) is 95.7 cm³/mol. The maximum atomic E-state index is 14.0. The number of aromatic nitrogens is 2. The van der Waals surface area contributed by atoms with Gasteiger partial charge in [-0.05, 0) is 43.2 Å². The van der Waals surface area contributed by atoms with E-state index in [0.717, 1.165) is 6.07 Å². The van der Waals surface area contributed by atoms with Gasteiger partial charge in [0, 0.05) is 12.1 Å². The Labute approximate surface area is 159 Å². The van der Waals surface area contributed by atoms with Gasteiger partial charge in [0.15, 0.2) is 11.6 Å². The van der Waals surface area contributed by atoms with Crippen LogP contribution in [0, 0.1) is 11.6 Å². The highest BCUT2D eigenvalue weighted by Crippen LogP contribution is 2.34. The van der Waals surface area contributed by atoms with E-state index in [-0.39, 0.29) is 11.5 Å². The monoisotopic (exact) mass is 385 g/mol. The standard InChI is InChI=1S/C20H17F2N3O3/c1-27-13-6-2-5-12(11-13)18-23-24-19(28-18)16-9-4-10-25(16)20(26)14-7-3-8-15(21)17(14)22/h2-3,5-8,11,16H,4,9-10H2,1H3. The number of ether oxygens (including phenoxy) is 1. The fourth-order valence-corrected chi connectivity index (χ4v) is 3.33. The highest BCUT2D eigenvalue weighted by atomic mass is 19.2. The zero-order valence-corrected chi connectivity index (χ0v) is 15.1. The summed E-state index contributed by atoms with van der Waals surface area (Å²) in [5.41, 5.74) is 0.379. The Morgan fingerprint density at radius 1 is 1.21 bits per heavy atom. The Kier molecular flexibility index (Phi) is 4.77. The van der Waals surface area contributed by atoms with Crippen molar-refractivity contribution in [3.63, 3.8) is 0 Å². The van der Waals surface area contributed by atoms with Crippen molar-refractivity contribution in [2.45, 2.75) is 18.9 Å². The quantitative estimate of drug-likeness (QED) is 0.679. The number of halogens is 2. The number of amides is 1. The second kappa shape index (κ2) is 7.38. The van der Waals surface area contributed by atoms with Crippen LogP contribution in [-0.4, -0.2) is 34.7 Å². The number of likely N-dealkylation sites (tertiary alicyclic amines) is 1. The molecule has 0 spiro atoms. The van der Waals surface area contributed by atoms with Gasteiger partial charge in [-0.25, -0.2) is 8.78 Å². The maximum Gasteiger partial charge on any atom is 0.257 e. The average Bonchev–Trinajstić information content (AvgIpc) is 3.39.